The number of carbonyl (C=O) groups is 3. The third-order valence-electron chi connectivity index (χ3n) is 7.29. The number of fused-ring (bicyclic) bond motifs is 2. The van der Waals surface area contributed by atoms with Gasteiger partial charge in [-0.25, -0.2) is 4.79 Å². The monoisotopic (exact) mass is 604 g/mol. The Balaban J connectivity index is 1.21. The number of hydrogen-bond acceptors (Lipinski definition) is 9. The van der Waals surface area contributed by atoms with Gasteiger partial charge in [0.15, 0.2) is 0 Å². The smallest absolute Gasteiger partial charge is 0.341 e. The van der Waals surface area contributed by atoms with Gasteiger partial charge in [0.25, 0.3) is 11.6 Å². The summed E-state index contributed by atoms with van der Waals surface area (Å²) in [7, 11) is 0. The summed E-state index contributed by atoms with van der Waals surface area (Å²) in [6.07, 6.45) is 2.69. The van der Waals surface area contributed by atoms with Crippen LogP contribution in [0.3, 0.4) is 0 Å². The quantitative estimate of drug-likeness (QED) is 0.223. The number of nitrogens with zero attached hydrogens (tertiary/aromatic N) is 3. The van der Waals surface area contributed by atoms with Gasteiger partial charge in [-0.3, -0.25) is 24.6 Å². The first-order valence-corrected chi connectivity index (χ1v) is 15.2. The molecule has 1 aromatic carbocycles. The van der Waals surface area contributed by atoms with Gasteiger partial charge in [-0.2, -0.15) is 0 Å². The van der Waals surface area contributed by atoms with Gasteiger partial charge >= 0.3 is 5.97 Å². The number of nitrogens with one attached hydrogen (secondary N) is 1. The van der Waals surface area contributed by atoms with Crippen LogP contribution in [0.15, 0.2) is 18.2 Å². The third kappa shape index (κ3) is 5.71. The molecule has 1 aliphatic heterocycles. The second-order valence-corrected chi connectivity index (χ2v) is 12.6. The zero-order chi connectivity index (χ0) is 28.6. The van der Waals surface area contributed by atoms with E-state index in [0.717, 1.165) is 41.0 Å². The van der Waals surface area contributed by atoms with Crippen molar-refractivity contribution in [3.63, 3.8) is 0 Å². The molecule has 0 saturated carbocycles. The van der Waals surface area contributed by atoms with Crippen molar-refractivity contribution in [2.45, 2.75) is 33.1 Å². The fraction of sp³-hybridized carbons (Fsp3) is 0.444. The number of esters is 1. The Morgan fingerprint density at radius 3 is 2.65 bits per heavy atom. The number of halogens is 1. The maximum Gasteiger partial charge on any atom is 0.341 e. The maximum atomic E-state index is 13.2. The van der Waals surface area contributed by atoms with Gasteiger partial charge in [0.2, 0.25) is 5.91 Å². The Hall–Kier alpha value is -3.06. The maximum absolute atomic E-state index is 13.2. The van der Waals surface area contributed by atoms with E-state index in [1.54, 1.807) is 17.9 Å². The number of ether oxygens (including phenoxy) is 1. The Labute approximate surface area is 244 Å². The van der Waals surface area contributed by atoms with E-state index in [9.17, 15) is 24.5 Å². The summed E-state index contributed by atoms with van der Waals surface area (Å²) in [5.41, 5.74) is 1.43. The molecule has 2 aromatic heterocycles. The van der Waals surface area contributed by atoms with Gasteiger partial charge in [0.1, 0.15) is 9.88 Å². The SMILES string of the molecule is CCOC(=O)c1c(NC(=O)CN2CCN(C(=O)c3sc4cc([N+](=O)[O-])ccc4c3Cl)CC2)sc2c1CCC(C)C2. The number of hydrogen-bond donors (Lipinski definition) is 1. The van der Waals surface area contributed by atoms with E-state index in [2.05, 4.69) is 12.2 Å². The zero-order valence-electron chi connectivity index (χ0n) is 22.2. The van der Waals surface area contributed by atoms with E-state index in [1.807, 2.05) is 4.90 Å². The molecule has 1 fully saturated rings. The number of benzene rings is 1. The predicted octanol–water partition coefficient (Wildman–Crippen LogP) is 5.22. The lowest BCUT2D eigenvalue weighted by Crippen LogP contribution is -2.50. The van der Waals surface area contributed by atoms with Crippen LogP contribution in [-0.4, -0.2) is 71.8 Å². The summed E-state index contributed by atoms with van der Waals surface area (Å²) in [5, 5.41) is 15.5. The second-order valence-electron chi connectivity index (χ2n) is 10.1. The molecular weight excluding hydrogens is 576 g/mol. The molecule has 2 aliphatic rings. The molecule has 0 radical (unpaired) electrons. The largest absolute Gasteiger partial charge is 0.462 e. The van der Waals surface area contributed by atoms with Crippen LogP contribution < -0.4 is 5.32 Å². The lowest BCUT2D eigenvalue weighted by molar-refractivity contribution is -0.384. The molecule has 13 heteroatoms. The minimum absolute atomic E-state index is 0.0528. The van der Waals surface area contributed by atoms with E-state index in [1.165, 1.54) is 23.5 Å². The first-order chi connectivity index (χ1) is 19.2. The minimum Gasteiger partial charge on any atom is -0.462 e. The molecule has 1 N–H and O–H groups in total. The number of rotatable bonds is 7. The van der Waals surface area contributed by atoms with Gasteiger partial charge in [-0.05, 0) is 43.7 Å². The van der Waals surface area contributed by atoms with Crippen LogP contribution in [0.1, 0.15) is 50.7 Å². The molecule has 0 spiro atoms. The van der Waals surface area contributed by atoms with Crippen LogP contribution >= 0.6 is 34.3 Å². The highest BCUT2D eigenvalue weighted by molar-refractivity contribution is 7.21. The van der Waals surface area contributed by atoms with E-state index in [4.69, 9.17) is 16.3 Å². The van der Waals surface area contributed by atoms with Gasteiger partial charge < -0.3 is 15.0 Å². The van der Waals surface area contributed by atoms with Crippen LogP contribution in [0.2, 0.25) is 5.02 Å². The first-order valence-electron chi connectivity index (χ1n) is 13.2. The lowest BCUT2D eigenvalue weighted by Gasteiger charge is -2.34. The van der Waals surface area contributed by atoms with Gasteiger partial charge in [-0.15, -0.1) is 22.7 Å². The van der Waals surface area contributed by atoms with Crippen LogP contribution in [0, 0.1) is 16.0 Å². The molecule has 212 valence electrons. The molecule has 1 unspecified atom stereocenters. The summed E-state index contributed by atoms with van der Waals surface area (Å²) in [6, 6.07) is 4.37. The van der Waals surface area contributed by atoms with Crippen LogP contribution in [0.4, 0.5) is 10.7 Å². The van der Waals surface area contributed by atoms with E-state index in [0.29, 0.717) is 62.6 Å². The highest BCUT2D eigenvalue weighted by Gasteiger charge is 2.31. The third-order valence-corrected chi connectivity index (χ3v) is 10.1. The highest BCUT2D eigenvalue weighted by Crippen LogP contribution is 2.40. The van der Waals surface area contributed by atoms with E-state index in [-0.39, 0.29) is 30.7 Å². The summed E-state index contributed by atoms with van der Waals surface area (Å²) < 4.78 is 5.88. The lowest BCUT2D eigenvalue weighted by atomic mass is 9.88. The van der Waals surface area contributed by atoms with Crippen molar-refractivity contribution in [2.75, 3.05) is 44.6 Å². The number of carbonyl (C=O) groups excluding carboxylic acids is 3. The zero-order valence-corrected chi connectivity index (χ0v) is 24.5. The molecule has 1 saturated heterocycles. The predicted molar refractivity (Wildman–Crippen MR) is 156 cm³/mol. The molecule has 40 heavy (non-hydrogen) atoms. The van der Waals surface area contributed by atoms with Crippen molar-refractivity contribution in [3.05, 3.63) is 54.2 Å². The topological polar surface area (TPSA) is 122 Å². The average Bonchev–Trinajstić information content (AvgIpc) is 3.44. The van der Waals surface area contributed by atoms with E-state index >= 15 is 0 Å². The van der Waals surface area contributed by atoms with Crippen molar-refractivity contribution in [1.82, 2.24) is 9.80 Å². The molecule has 1 aliphatic carbocycles. The molecule has 5 rings (SSSR count). The Morgan fingerprint density at radius 1 is 1.20 bits per heavy atom. The summed E-state index contributed by atoms with van der Waals surface area (Å²) in [6.45, 7) is 6.18. The van der Waals surface area contributed by atoms with Crippen LogP contribution in [0.25, 0.3) is 10.1 Å². The van der Waals surface area contributed by atoms with E-state index < -0.39 is 10.9 Å². The number of anilines is 1. The first kappa shape index (κ1) is 28.5. The molecule has 0 bridgehead atoms. The average molecular weight is 605 g/mol. The summed E-state index contributed by atoms with van der Waals surface area (Å²) in [4.78, 5) is 54.8. The molecule has 3 heterocycles. The molecule has 2 amide bonds. The molecular formula is C27H29ClN4O6S2. The number of piperazine rings is 1. The Bertz CT molecular complexity index is 1490. The summed E-state index contributed by atoms with van der Waals surface area (Å²) >= 11 is 9.09. The van der Waals surface area contributed by atoms with Crippen molar-refractivity contribution < 1.29 is 24.0 Å². The van der Waals surface area contributed by atoms with Crippen molar-refractivity contribution in [1.29, 1.82) is 0 Å². The van der Waals surface area contributed by atoms with Crippen LogP contribution in [-0.2, 0) is 22.4 Å². The Morgan fingerprint density at radius 2 is 1.95 bits per heavy atom. The normalized spacial score (nSPS) is 17.5. The van der Waals surface area contributed by atoms with Gasteiger partial charge in [0.05, 0.1) is 28.7 Å². The Kier molecular flexibility index (Phi) is 8.41. The van der Waals surface area contributed by atoms with Crippen molar-refractivity contribution in [3.8, 4) is 0 Å². The summed E-state index contributed by atoms with van der Waals surface area (Å²) in [5.74, 6) is -0.308. The minimum atomic E-state index is -0.477. The van der Waals surface area contributed by atoms with Gasteiger partial charge in [0, 0.05) is 53.3 Å². The number of amides is 2. The number of non-ortho nitro benzene ring substituents is 1. The fourth-order valence-electron chi connectivity index (χ4n) is 5.18. The molecule has 3 aromatic rings. The number of thiophene rings is 2. The van der Waals surface area contributed by atoms with Crippen molar-refractivity contribution >= 4 is 72.8 Å². The molecule has 10 nitrogen and oxygen atoms in total. The van der Waals surface area contributed by atoms with Gasteiger partial charge in [-0.1, -0.05) is 18.5 Å². The molecule has 1 atom stereocenters. The van der Waals surface area contributed by atoms with Crippen LogP contribution in [0.5, 0.6) is 0 Å². The fourth-order valence-corrected chi connectivity index (χ4v) is 8.11. The highest BCUT2D eigenvalue weighted by atomic mass is 35.5. The number of nitro benzene ring substituents is 1. The standard InChI is InChI=1S/C27H29ClN4O6S2/c1-3-38-27(35)22-17-6-4-15(2)12-19(17)40-25(22)29-21(33)14-30-8-10-31(11-9-30)26(34)24-23(28)18-7-5-16(32(36)37)13-20(18)39-24/h5,7,13,15H,3-4,6,8-12,14H2,1-2H3,(H,29,33). The van der Waals surface area contributed by atoms with Crippen molar-refractivity contribution in [2.24, 2.45) is 5.92 Å². The second kappa shape index (κ2) is 11.8. The number of nitro groups is 1.